The van der Waals surface area contributed by atoms with Crippen LogP contribution in [0.3, 0.4) is 0 Å². The molecule has 0 spiro atoms. The van der Waals surface area contributed by atoms with Gasteiger partial charge in [-0.05, 0) is 31.2 Å². The first kappa shape index (κ1) is 13.2. The number of nitrogens with one attached hydrogen (secondary N) is 1. The van der Waals surface area contributed by atoms with Crippen molar-refractivity contribution in [2.75, 3.05) is 12.8 Å². The summed E-state index contributed by atoms with van der Waals surface area (Å²) in [7, 11) is 0. The van der Waals surface area contributed by atoms with E-state index in [9.17, 15) is 4.79 Å². The highest BCUT2D eigenvalue weighted by Crippen LogP contribution is 1.98. The monoisotopic (exact) mass is 219 g/mol. The molecule has 1 atom stereocenters. The SMILES string of the molecule is CSN=CNCCCC[C@@H](N)C(=O)O. The Kier molecular flexibility index (Phi) is 8.36. The molecule has 0 fully saturated rings. The Hall–Kier alpha value is -0.750. The van der Waals surface area contributed by atoms with Gasteiger partial charge in [0.25, 0.3) is 0 Å². The minimum atomic E-state index is -0.929. The molecule has 14 heavy (non-hydrogen) atoms. The van der Waals surface area contributed by atoms with E-state index in [1.165, 1.54) is 11.9 Å². The third kappa shape index (κ3) is 7.88. The van der Waals surface area contributed by atoms with Crippen molar-refractivity contribution in [3.63, 3.8) is 0 Å². The van der Waals surface area contributed by atoms with E-state index in [1.54, 1.807) is 6.34 Å². The number of carboxylic acid groups (broad SMARTS) is 1. The molecule has 0 aromatic heterocycles. The average molecular weight is 219 g/mol. The third-order valence-corrected chi connectivity index (χ3v) is 1.97. The molecule has 0 saturated heterocycles. The number of hydrogen-bond donors (Lipinski definition) is 3. The normalized spacial score (nSPS) is 13.0. The van der Waals surface area contributed by atoms with Crippen molar-refractivity contribution in [3.8, 4) is 0 Å². The van der Waals surface area contributed by atoms with E-state index >= 15 is 0 Å². The van der Waals surface area contributed by atoms with Gasteiger partial charge in [0, 0.05) is 12.8 Å². The molecule has 0 bridgehead atoms. The fourth-order valence-corrected chi connectivity index (χ4v) is 1.05. The topological polar surface area (TPSA) is 87.7 Å². The Morgan fingerprint density at radius 3 is 3.00 bits per heavy atom. The zero-order valence-electron chi connectivity index (χ0n) is 8.27. The maximum absolute atomic E-state index is 10.3. The lowest BCUT2D eigenvalue weighted by Crippen LogP contribution is -2.30. The molecule has 0 radical (unpaired) electrons. The smallest absolute Gasteiger partial charge is 0.320 e. The molecule has 0 aromatic rings. The quantitative estimate of drug-likeness (QED) is 0.239. The largest absolute Gasteiger partial charge is 0.480 e. The predicted molar refractivity (Wildman–Crippen MR) is 59.5 cm³/mol. The number of unbranched alkanes of at least 4 members (excludes halogenated alkanes) is 1. The fourth-order valence-electron chi connectivity index (χ4n) is 0.869. The molecule has 0 saturated carbocycles. The first-order chi connectivity index (χ1) is 6.68. The summed E-state index contributed by atoms with van der Waals surface area (Å²) < 4.78 is 3.89. The van der Waals surface area contributed by atoms with Crippen molar-refractivity contribution in [1.82, 2.24) is 5.32 Å². The molecule has 0 aromatic carbocycles. The van der Waals surface area contributed by atoms with E-state index in [0.717, 1.165) is 19.4 Å². The maximum Gasteiger partial charge on any atom is 0.320 e. The zero-order valence-corrected chi connectivity index (χ0v) is 9.09. The van der Waals surface area contributed by atoms with Gasteiger partial charge in [0.2, 0.25) is 0 Å². The maximum atomic E-state index is 10.3. The minimum absolute atomic E-state index is 0.524. The van der Waals surface area contributed by atoms with Crippen LogP contribution < -0.4 is 11.1 Å². The van der Waals surface area contributed by atoms with Crippen LogP contribution in [0.1, 0.15) is 19.3 Å². The summed E-state index contributed by atoms with van der Waals surface area (Å²) in [6.07, 6.45) is 5.76. The second-order valence-corrected chi connectivity index (χ2v) is 3.39. The fraction of sp³-hybridized carbons (Fsp3) is 0.750. The summed E-state index contributed by atoms with van der Waals surface area (Å²) >= 11 is 1.38. The van der Waals surface area contributed by atoms with Crippen LogP contribution in [0.5, 0.6) is 0 Å². The van der Waals surface area contributed by atoms with Gasteiger partial charge in [-0.2, -0.15) is 0 Å². The summed E-state index contributed by atoms with van der Waals surface area (Å²) in [6, 6.07) is -0.727. The lowest BCUT2D eigenvalue weighted by molar-refractivity contribution is -0.138. The number of carbonyl (C=O) groups is 1. The van der Waals surface area contributed by atoms with Crippen LogP contribution in [0.2, 0.25) is 0 Å². The molecular formula is C8H17N3O2S. The summed E-state index contributed by atoms with van der Waals surface area (Å²) in [5.74, 6) is -0.929. The lowest BCUT2D eigenvalue weighted by atomic mass is 10.1. The molecule has 0 heterocycles. The van der Waals surface area contributed by atoms with Gasteiger partial charge in [-0.15, -0.1) is 0 Å². The molecule has 0 aliphatic rings. The number of nitrogens with two attached hydrogens (primary N) is 1. The van der Waals surface area contributed by atoms with Crippen molar-refractivity contribution in [2.24, 2.45) is 10.1 Å². The van der Waals surface area contributed by atoms with Gasteiger partial charge in [0.1, 0.15) is 6.04 Å². The number of nitrogens with zero attached hydrogens (tertiary/aromatic N) is 1. The Bertz CT molecular complexity index is 187. The average Bonchev–Trinajstić information content (AvgIpc) is 2.16. The molecule has 0 amide bonds. The summed E-state index contributed by atoms with van der Waals surface area (Å²) in [5, 5.41) is 11.5. The standard InChI is InChI=1S/C8H17N3O2S/c1-14-11-6-10-5-3-2-4-7(9)8(12)13/h6-7H,2-5,9H2,1H3,(H,10,11)(H,12,13)/t7-/m1/s1. The molecule has 4 N–H and O–H groups in total. The first-order valence-electron chi connectivity index (χ1n) is 4.45. The Labute approximate surface area is 88.3 Å². The molecule has 0 aliphatic heterocycles. The van der Waals surface area contributed by atoms with Crippen LogP contribution in [0.15, 0.2) is 4.40 Å². The molecule has 82 valence electrons. The third-order valence-electron chi connectivity index (χ3n) is 1.65. The second kappa shape index (κ2) is 8.83. The van der Waals surface area contributed by atoms with Crippen LogP contribution >= 0.6 is 11.9 Å². The van der Waals surface area contributed by atoms with E-state index in [1.807, 2.05) is 6.26 Å². The Morgan fingerprint density at radius 2 is 2.43 bits per heavy atom. The van der Waals surface area contributed by atoms with E-state index in [4.69, 9.17) is 10.8 Å². The minimum Gasteiger partial charge on any atom is -0.480 e. The molecule has 5 nitrogen and oxygen atoms in total. The van der Waals surface area contributed by atoms with Crippen molar-refractivity contribution in [3.05, 3.63) is 0 Å². The second-order valence-electron chi connectivity index (χ2n) is 2.81. The number of rotatable bonds is 8. The molecule has 6 heteroatoms. The van der Waals surface area contributed by atoms with Gasteiger partial charge in [-0.25, -0.2) is 4.40 Å². The Balaban J connectivity index is 3.21. The highest BCUT2D eigenvalue weighted by Gasteiger charge is 2.09. The summed E-state index contributed by atoms with van der Waals surface area (Å²) in [4.78, 5) is 10.3. The van der Waals surface area contributed by atoms with Gasteiger partial charge < -0.3 is 16.2 Å². The number of hydrogen-bond acceptors (Lipinski definition) is 4. The molecule has 0 rings (SSSR count). The molecule has 0 unspecified atom stereocenters. The van der Waals surface area contributed by atoms with Crippen molar-refractivity contribution in [2.45, 2.75) is 25.3 Å². The van der Waals surface area contributed by atoms with E-state index < -0.39 is 12.0 Å². The highest BCUT2D eigenvalue weighted by molar-refractivity contribution is 7.97. The van der Waals surface area contributed by atoms with Crippen LogP contribution in [-0.2, 0) is 4.79 Å². The number of carboxylic acids is 1. The molecular weight excluding hydrogens is 202 g/mol. The van der Waals surface area contributed by atoms with Gasteiger partial charge in [-0.1, -0.05) is 0 Å². The van der Waals surface area contributed by atoms with Crippen LogP contribution in [0, 0.1) is 0 Å². The van der Waals surface area contributed by atoms with Gasteiger partial charge >= 0.3 is 5.97 Å². The van der Waals surface area contributed by atoms with E-state index in [-0.39, 0.29) is 0 Å². The summed E-state index contributed by atoms with van der Waals surface area (Å²) in [5.41, 5.74) is 5.33. The van der Waals surface area contributed by atoms with E-state index in [2.05, 4.69) is 9.71 Å². The molecule has 0 aliphatic carbocycles. The first-order valence-corrected chi connectivity index (χ1v) is 5.63. The van der Waals surface area contributed by atoms with Crippen molar-refractivity contribution >= 4 is 24.3 Å². The van der Waals surface area contributed by atoms with Crippen LogP contribution in [0.4, 0.5) is 0 Å². The van der Waals surface area contributed by atoms with Gasteiger partial charge in [0.15, 0.2) is 0 Å². The highest BCUT2D eigenvalue weighted by atomic mass is 32.2. The van der Waals surface area contributed by atoms with Crippen molar-refractivity contribution in [1.29, 1.82) is 0 Å². The van der Waals surface area contributed by atoms with Gasteiger partial charge in [-0.3, -0.25) is 4.79 Å². The van der Waals surface area contributed by atoms with Gasteiger partial charge in [0.05, 0.1) is 6.34 Å². The predicted octanol–water partition coefficient (Wildman–Crippen LogP) is 0.464. The van der Waals surface area contributed by atoms with Crippen LogP contribution in [0.25, 0.3) is 0 Å². The number of aliphatic carboxylic acids is 1. The summed E-state index contributed by atoms with van der Waals surface area (Å²) in [6.45, 7) is 0.802. The lowest BCUT2D eigenvalue weighted by Gasteiger charge is -2.05. The van der Waals surface area contributed by atoms with Crippen molar-refractivity contribution < 1.29 is 9.90 Å². The van der Waals surface area contributed by atoms with Crippen LogP contribution in [-0.4, -0.2) is 36.3 Å². The zero-order chi connectivity index (χ0) is 10.8. The van der Waals surface area contributed by atoms with E-state index in [0.29, 0.717) is 6.42 Å². The Morgan fingerprint density at radius 1 is 1.71 bits per heavy atom.